The Morgan fingerprint density at radius 2 is 1.88 bits per heavy atom. The summed E-state index contributed by atoms with van der Waals surface area (Å²) < 4.78 is 0. The van der Waals surface area contributed by atoms with Crippen LogP contribution in [0, 0.1) is 17.3 Å². The maximum Gasteiger partial charge on any atom is 0.307 e. The second kappa shape index (κ2) is 6.27. The first-order valence-electron chi connectivity index (χ1n) is 8.98. The molecule has 4 rings (SSSR count). The zero-order valence-corrected chi connectivity index (χ0v) is 15.1. The summed E-state index contributed by atoms with van der Waals surface area (Å²) in [5.41, 5.74) is 0.548. The average molecular weight is 377 g/mol. The smallest absolute Gasteiger partial charge is 0.307 e. The number of hydrogen-bond acceptors (Lipinski definition) is 3. The third-order valence-corrected chi connectivity index (χ3v) is 6.50. The Balaban J connectivity index is 1.39. The van der Waals surface area contributed by atoms with E-state index in [0.717, 1.165) is 19.3 Å². The number of para-hydroxylation sites is 1. The normalized spacial score (nSPS) is 27.0. The lowest BCUT2D eigenvalue weighted by atomic mass is 9.90. The number of carboxylic acids is 1. The molecule has 1 aromatic rings. The van der Waals surface area contributed by atoms with E-state index in [-0.39, 0.29) is 35.5 Å². The van der Waals surface area contributed by atoms with Crippen LogP contribution in [0.15, 0.2) is 24.3 Å². The van der Waals surface area contributed by atoms with Crippen LogP contribution in [0.2, 0.25) is 5.02 Å². The molecule has 2 heterocycles. The van der Waals surface area contributed by atoms with Gasteiger partial charge in [-0.1, -0.05) is 23.7 Å². The fourth-order valence-corrected chi connectivity index (χ4v) is 4.69. The molecule has 6 nitrogen and oxygen atoms in total. The Morgan fingerprint density at radius 3 is 2.50 bits per heavy atom. The van der Waals surface area contributed by atoms with Gasteiger partial charge in [-0.3, -0.25) is 14.4 Å². The Hall–Kier alpha value is -2.08. The maximum absolute atomic E-state index is 12.9. The van der Waals surface area contributed by atoms with Gasteiger partial charge in [0, 0.05) is 26.1 Å². The fraction of sp³-hybridized carbons (Fsp3) is 0.526. The van der Waals surface area contributed by atoms with Crippen molar-refractivity contribution in [3.05, 3.63) is 29.3 Å². The molecule has 26 heavy (non-hydrogen) atoms. The van der Waals surface area contributed by atoms with Crippen LogP contribution < -0.4 is 4.90 Å². The number of rotatable bonds is 3. The minimum absolute atomic E-state index is 0.00437. The van der Waals surface area contributed by atoms with Crippen LogP contribution >= 0.6 is 11.6 Å². The zero-order valence-electron chi connectivity index (χ0n) is 14.4. The van der Waals surface area contributed by atoms with E-state index in [1.54, 1.807) is 28.0 Å². The van der Waals surface area contributed by atoms with Crippen molar-refractivity contribution < 1.29 is 19.5 Å². The Labute approximate surface area is 156 Å². The minimum atomic E-state index is -0.721. The van der Waals surface area contributed by atoms with E-state index in [4.69, 9.17) is 11.6 Å². The Bertz CT molecular complexity index is 773. The van der Waals surface area contributed by atoms with Crippen molar-refractivity contribution in [3.63, 3.8) is 0 Å². The van der Waals surface area contributed by atoms with Gasteiger partial charge in [0.2, 0.25) is 11.8 Å². The van der Waals surface area contributed by atoms with Gasteiger partial charge in [-0.25, -0.2) is 0 Å². The van der Waals surface area contributed by atoms with E-state index in [1.807, 2.05) is 6.07 Å². The molecule has 1 aliphatic carbocycles. The van der Waals surface area contributed by atoms with Gasteiger partial charge in [0.1, 0.15) is 0 Å². The van der Waals surface area contributed by atoms with Gasteiger partial charge in [-0.05, 0) is 36.8 Å². The zero-order chi connectivity index (χ0) is 18.5. The first-order chi connectivity index (χ1) is 12.4. The third kappa shape index (κ3) is 2.86. The maximum atomic E-state index is 12.9. The number of nitrogens with zero attached hydrogens (tertiary/aromatic N) is 2. The van der Waals surface area contributed by atoms with Crippen molar-refractivity contribution >= 4 is 35.1 Å². The summed E-state index contributed by atoms with van der Waals surface area (Å²) in [6.07, 6.45) is 2.41. The standard InChI is InChI=1S/C19H21ClN2O4/c20-14-3-1-2-4-15(14)22-11-12(9-16(22)23)17(24)21-7-5-19(6-8-21)10-13(19)18(25)26/h1-4,12-13H,5-11H2,(H,25,26). The highest BCUT2D eigenvalue weighted by Crippen LogP contribution is 2.59. The highest BCUT2D eigenvalue weighted by atomic mass is 35.5. The molecule has 2 saturated heterocycles. The molecule has 0 radical (unpaired) electrons. The number of benzene rings is 1. The second-order valence-electron chi connectivity index (χ2n) is 7.64. The topological polar surface area (TPSA) is 77.9 Å². The van der Waals surface area contributed by atoms with E-state index >= 15 is 0 Å². The van der Waals surface area contributed by atoms with Gasteiger partial charge in [0.25, 0.3) is 0 Å². The summed E-state index contributed by atoms with van der Waals surface area (Å²) in [5.74, 6) is -1.42. The van der Waals surface area contributed by atoms with Crippen LogP contribution in [0.25, 0.3) is 0 Å². The largest absolute Gasteiger partial charge is 0.481 e. The molecule has 1 N–H and O–H groups in total. The molecule has 3 aliphatic rings. The number of amides is 2. The minimum Gasteiger partial charge on any atom is -0.481 e. The van der Waals surface area contributed by atoms with E-state index in [0.29, 0.717) is 30.3 Å². The number of anilines is 1. The van der Waals surface area contributed by atoms with Crippen molar-refractivity contribution in [2.24, 2.45) is 17.3 Å². The molecule has 138 valence electrons. The van der Waals surface area contributed by atoms with Gasteiger partial charge in [-0.2, -0.15) is 0 Å². The lowest BCUT2D eigenvalue weighted by Gasteiger charge is -2.34. The van der Waals surface area contributed by atoms with E-state index < -0.39 is 5.97 Å². The van der Waals surface area contributed by atoms with Gasteiger partial charge >= 0.3 is 5.97 Å². The molecular formula is C19H21ClN2O4. The molecule has 2 atom stereocenters. The molecule has 2 amide bonds. The number of carbonyl (C=O) groups excluding carboxylic acids is 2. The lowest BCUT2D eigenvalue weighted by Crippen LogP contribution is -2.43. The summed E-state index contributed by atoms with van der Waals surface area (Å²) in [5, 5.41) is 9.68. The van der Waals surface area contributed by atoms with Gasteiger partial charge in [0.05, 0.1) is 22.5 Å². The molecule has 1 aromatic carbocycles. The van der Waals surface area contributed by atoms with Gasteiger partial charge < -0.3 is 14.9 Å². The van der Waals surface area contributed by atoms with Crippen molar-refractivity contribution in [1.82, 2.24) is 4.90 Å². The van der Waals surface area contributed by atoms with Crippen LogP contribution in [-0.2, 0) is 14.4 Å². The molecular weight excluding hydrogens is 356 g/mol. The first kappa shape index (κ1) is 17.3. The molecule has 7 heteroatoms. The average Bonchev–Trinajstić information content (AvgIpc) is 3.19. The summed E-state index contributed by atoms with van der Waals surface area (Å²) in [6.45, 7) is 1.51. The summed E-state index contributed by atoms with van der Waals surface area (Å²) in [4.78, 5) is 39.8. The lowest BCUT2D eigenvalue weighted by molar-refractivity contribution is -0.140. The number of carbonyl (C=O) groups is 3. The summed E-state index contributed by atoms with van der Waals surface area (Å²) in [6, 6.07) is 7.15. The molecule has 1 saturated carbocycles. The quantitative estimate of drug-likeness (QED) is 0.878. The predicted octanol–water partition coefficient (Wildman–Crippen LogP) is 2.41. The highest BCUT2D eigenvalue weighted by Gasteiger charge is 2.59. The Morgan fingerprint density at radius 1 is 1.19 bits per heavy atom. The van der Waals surface area contributed by atoms with Gasteiger partial charge in [0.15, 0.2) is 0 Å². The van der Waals surface area contributed by atoms with Crippen molar-refractivity contribution in [2.45, 2.75) is 25.7 Å². The SMILES string of the molecule is O=C(O)C1CC12CCN(C(=O)C1CC(=O)N(c3ccccc3Cl)C1)CC2. The van der Waals surface area contributed by atoms with E-state index in [9.17, 15) is 19.5 Å². The number of piperidine rings is 1. The van der Waals surface area contributed by atoms with Crippen molar-refractivity contribution in [3.8, 4) is 0 Å². The summed E-state index contributed by atoms with van der Waals surface area (Å²) in [7, 11) is 0. The second-order valence-corrected chi connectivity index (χ2v) is 8.05. The van der Waals surface area contributed by atoms with E-state index in [1.165, 1.54) is 0 Å². The van der Waals surface area contributed by atoms with Crippen LogP contribution in [0.4, 0.5) is 5.69 Å². The number of hydrogen-bond donors (Lipinski definition) is 1. The van der Waals surface area contributed by atoms with Crippen molar-refractivity contribution in [2.75, 3.05) is 24.5 Å². The third-order valence-electron chi connectivity index (χ3n) is 6.18. The predicted molar refractivity (Wildman–Crippen MR) is 95.9 cm³/mol. The van der Waals surface area contributed by atoms with Gasteiger partial charge in [-0.15, -0.1) is 0 Å². The van der Waals surface area contributed by atoms with E-state index in [2.05, 4.69) is 0 Å². The van der Waals surface area contributed by atoms with Crippen LogP contribution in [0.3, 0.4) is 0 Å². The molecule has 0 bridgehead atoms. The van der Waals surface area contributed by atoms with Crippen LogP contribution in [-0.4, -0.2) is 47.4 Å². The van der Waals surface area contributed by atoms with Crippen LogP contribution in [0.5, 0.6) is 0 Å². The van der Waals surface area contributed by atoms with Crippen molar-refractivity contribution in [1.29, 1.82) is 0 Å². The van der Waals surface area contributed by atoms with Crippen LogP contribution in [0.1, 0.15) is 25.7 Å². The monoisotopic (exact) mass is 376 g/mol. The number of likely N-dealkylation sites (tertiary alicyclic amines) is 1. The fourth-order valence-electron chi connectivity index (χ4n) is 4.46. The molecule has 2 aliphatic heterocycles. The molecule has 3 fully saturated rings. The number of halogens is 1. The number of aliphatic carboxylic acids is 1. The number of carboxylic acid groups (broad SMARTS) is 1. The summed E-state index contributed by atoms with van der Waals surface area (Å²) >= 11 is 6.19. The highest BCUT2D eigenvalue weighted by molar-refractivity contribution is 6.33. The first-order valence-corrected chi connectivity index (χ1v) is 9.35. The molecule has 0 aromatic heterocycles. The molecule has 2 unspecified atom stereocenters. The molecule has 1 spiro atoms. The Kier molecular flexibility index (Phi) is 4.18.